The van der Waals surface area contributed by atoms with Gasteiger partial charge in [0.2, 0.25) is 0 Å². The third-order valence-electron chi connectivity index (χ3n) is 1.73. The molecule has 0 N–H and O–H groups in total. The summed E-state index contributed by atoms with van der Waals surface area (Å²) >= 11 is 16.6. The molecule has 0 heterocycles. The largest absolute Gasteiger partial charge is 0.323 e. The van der Waals surface area contributed by atoms with E-state index in [4.69, 9.17) is 34.8 Å². The molecular weight excluding hydrogens is 260 g/mol. The van der Waals surface area contributed by atoms with Gasteiger partial charge in [-0.1, -0.05) is 23.2 Å². The molecule has 0 aliphatic heterocycles. The molecule has 15 heavy (non-hydrogen) atoms. The lowest BCUT2D eigenvalue weighted by Gasteiger charge is -2.12. The summed E-state index contributed by atoms with van der Waals surface area (Å²) in [5.41, 5.74) is 0.140. The summed E-state index contributed by atoms with van der Waals surface area (Å²) in [6, 6.07) is 4.40. The SMILES string of the molecule is CN(C(=O)Cl)C(=O)c1cc(Cl)ccc1Cl. The summed E-state index contributed by atoms with van der Waals surface area (Å²) in [7, 11) is 1.26. The van der Waals surface area contributed by atoms with Crippen LogP contribution in [0.3, 0.4) is 0 Å². The van der Waals surface area contributed by atoms with Gasteiger partial charge >= 0.3 is 5.37 Å². The monoisotopic (exact) mass is 265 g/mol. The first-order chi connectivity index (χ1) is 6.93. The smallest absolute Gasteiger partial charge is 0.269 e. The maximum atomic E-state index is 11.6. The Labute approximate surface area is 102 Å². The molecular formula is C9H6Cl3NO2. The van der Waals surface area contributed by atoms with Crippen molar-refractivity contribution in [2.75, 3.05) is 7.05 Å². The first-order valence-electron chi connectivity index (χ1n) is 3.86. The Morgan fingerprint density at radius 3 is 2.40 bits per heavy atom. The van der Waals surface area contributed by atoms with Crippen LogP contribution in [0.15, 0.2) is 18.2 Å². The van der Waals surface area contributed by atoms with E-state index in [1.807, 2.05) is 0 Å². The molecule has 0 aliphatic rings. The number of rotatable bonds is 1. The summed E-state index contributed by atoms with van der Waals surface area (Å²) in [6.07, 6.45) is 0. The van der Waals surface area contributed by atoms with Gasteiger partial charge in [0.05, 0.1) is 10.6 Å². The molecule has 0 radical (unpaired) electrons. The Kier molecular flexibility index (Phi) is 3.97. The zero-order valence-corrected chi connectivity index (χ0v) is 9.90. The standard InChI is InChI=1S/C9H6Cl3NO2/c1-13(9(12)15)8(14)6-4-5(10)2-3-7(6)11/h2-4H,1H3. The minimum atomic E-state index is -0.879. The number of halogens is 3. The molecule has 0 unspecified atom stereocenters. The van der Waals surface area contributed by atoms with Crippen LogP contribution in [0.4, 0.5) is 4.79 Å². The average molecular weight is 267 g/mol. The third-order valence-corrected chi connectivity index (χ3v) is 2.55. The van der Waals surface area contributed by atoms with Crippen molar-refractivity contribution < 1.29 is 9.59 Å². The summed E-state index contributed by atoms with van der Waals surface area (Å²) in [5, 5.41) is -0.302. The molecule has 6 heteroatoms. The van der Waals surface area contributed by atoms with Crippen LogP contribution in [-0.2, 0) is 0 Å². The molecule has 1 aromatic carbocycles. The zero-order chi connectivity index (χ0) is 11.6. The van der Waals surface area contributed by atoms with Crippen molar-refractivity contribution in [1.29, 1.82) is 0 Å². The lowest BCUT2D eigenvalue weighted by atomic mass is 10.2. The highest BCUT2D eigenvalue weighted by Gasteiger charge is 2.19. The van der Waals surface area contributed by atoms with E-state index in [0.29, 0.717) is 5.02 Å². The maximum absolute atomic E-state index is 11.6. The Hall–Kier alpha value is -0.770. The van der Waals surface area contributed by atoms with Crippen molar-refractivity contribution in [3.8, 4) is 0 Å². The van der Waals surface area contributed by atoms with Crippen LogP contribution >= 0.6 is 34.8 Å². The van der Waals surface area contributed by atoms with E-state index in [-0.39, 0.29) is 10.6 Å². The molecule has 2 amide bonds. The second-order valence-corrected chi connectivity index (χ2v) is 3.91. The van der Waals surface area contributed by atoms with Crippen molar-refractivity contribution in [1.82, 2.24) is 4.90 Å². The number of imide groups is 1. The first kappa shape index (κ1) is 12.3. The third kappa shape index (κ3) is 2.84. The van der Waals surface area contributed by atoms with Crippen LogP contribution in [0.5, 0.6) is 0 Å². The van der Waals surface area contributed by atoms with Crippen LogP contribution in [0, 0.1) is 0 Å². The molecule has 0 fully saturated rings. The van der Waals surface area contributed by atoms with Crippen molar-refractivity contribution in [3.63, 3.8) is 0 Å². The molecule has 0 aliphatic carbocycles. The Balaban J connectivity index is 3.11. The fourth-order valence-electron chi connectivity index (χ4n) is 0.922. The minimum absolute atomic E-state index is 0.140. The molecule has 0 spiro atoms. The second-order valence-electron chi connectivity index (χ2n) is 2.74. The summed E-state index contributed by atoms with van der Waals surface area (Å²) < 4.78 is 0. The normalized spacial score (nSPS) is 9.87. The van der Waals surface area contributed by atoms with Gasteiger partial charge in [-0.05, 0) is 29.8 Å². The number of hydrogen-bond acceptors (Lipinski definition) is 2. The highest BCUT2D eigenvalue weighted by Crippen LogP contribution is 2.22. The van der Waals surface area contributed by atoms with Gasteiger partial charge in [-0.2, -0.15) is 0 Å². The van der Waals surface area contributed by atoms with Gasteiger partial charge in [-0.25, -0.2) is 0 Å². The highest BCUT2D eigenvalue weighted by molar-refractivity contribution is 6.64. The van der Waals surface area contributed by atoms with E-state index in [2.05, 4.69) is 0 Å². The molecule has 0 aromatic heterocycles. The molecule has 0 saturated carbocycles. The Morgan fingerprint density at radius 2 is 1.87 bits per heavy atom. The maximum Gasteiger partial charge on any atom is 0.323 e. The number of hydrogen-bond donors (Lipinski definition) is 0. The number of benzene rings is 1. The summed E-state index contributed by atoms with van der Waals surface area (Å²) in [5.74, 6) is -0.595. The van der Waals surface area contributed by atoms with Crippen LogP contribution < -0.4 is 0 Å². The molecule has 3 nitrogen and oxygen atoms in total. The van der Waals surface area contributed by atoms with Crippen molar-refractivity contribution in [2.45, 2.75) is 0 Å². The number of amides is 2. The summed E-state index contributed by atoms with van der Waals surface area (Å²) in [6.45, 7) is 0. The number of carbonyl (C=O) groups is 2. The Morgan fingerprint density at radius 1 is 1.27 bits per heavy atom. The van der Waals surface area contributed by atoms with Crippen LogP contribution in [0.1, 0.15) is 10.4 Å². The van der Waals surface area contributed by atoms with Gasteiger partial charge in [0, 0.05) is 12.1 Å². The molecule has 80 valence electrons. The predicted octanol–water partition coefficient (Wildman–Crippen LogP) is 3.42. The fourth-order valence-corrected chi connectivity index (χ4v) is 1.37. The van der Waals surface area contributed by atoms with Gasteiger partial charge < -0.3 is 0 Å². The van der Waals surface area contributed by atoms with Gasteiger partial charge in [-0.15, -0.1) is 0 Å². The van der Waals surface area contributed by atoms with E-state index in [1.54, 1.807) is 6.07 Å². The first-order valence-corrected chi connectivity index (χ1v) is 4.99. The minimum Gasteiger partial charge on any atom is -0.269 e. The van der Waals surface area contributed by atoms with Crippen LogP contribution in [0.2, 0.25) is 10.0 Å². The zero-order valence-electron chi connectivity index (χ0n) is 7.63. The fraction of sp³-hybridized carbons (Fsp3) is 0.111. The Bertz CT molecular complexity index is 420. The van der Waals surface area contributed by atoms with Crippen LogP contribution in [0.25, 0.3) is 0 Å². The molecule has 0 bridgehead atoms. The molecule has 0 saturated heterocycles. The topological polar surface area (TPSA) is 37.4 Å². The van der Waals surface area contributed by atoms with Crippen molar-refractivity contribution >= 4 is 46.1 Å². The van der Waals surface area contributed by atoms with Gasteiger partial charge in [0.25, 0.3) is 5.91 Å². The highest BCUT2D eigenvalue weighted by atomic mass is 35.5. The van der Waals surface area contributed by atoms with E-state index in [0.717, 1.165) is 4.90 Å². The quantitative estimate of drug-likeness (QED) is 0.577. The number of nitrogens with zero attached hydrogens (tertiary/aromatic N) is 1. The molecule has 0 atom stereocenters. The lowest BCUT2D eigenvalue weighted by Crippen LogP contribution is -2.29. The van der Waals surface area contributed by atoms with Gasteiger partial charge in [-0.3, -0.25) is 14.5 Å². The van der Waals surface area contributed by atoms with E-state index < -0.39 is 11.3 Å². The second kappa shape index (κ2) is 4.84. The molecule has 1 aromatic rings. The van der Waals surface area contributed by atoms with E-state index >= 15 is 0 Å². The predicted molar refractivity (Wildman–Crippen MR) is 59.8 cm³/mol. The van der Waals surface area contributed by atoms with Crippen molar-refractivity contribution in [2.24, 2.45) is 0 Å². The summed E-state index contributed by atoms with van der Waals surface area (Å²) in [4.78, 5) is 23.1. The average Bonchev–Trinajstić information content (AvgIpc) is 2.19. The van der Waals surface area contributed by atoms with Crippen LogP contribution in [-0.4, -0.2) is 23.2 Å². The lowest BCUT2D eigenvalue weighted by molar-refractivity contribution is 0.0848. The van der Waals surface area contributed by atoms with E-state index in [9.17, 15) is 9.59 Å². The number of carbonyl (C=O) groups excluding carboxylic acids is 2. The van der Waals surface area contributed by atoms with Gasteiger partial charge in [0.15, 0.2) is 0 Å². The van der Waals surface area contributed by atoms with Gasteiger partial charge in [0.1, 0.15) is 0 Å². The van der Waals surface area contributed by atoms with Crippen molar-refractivity contribution in [3.05, 3.63) is 33.8 Å². The molecule has 1 rings (SSSR count). The van der Waals surface area contributed by atoms with E-state index in [1.165, 1.54) is 19.2 Å².